The Balaban J connectivity index is 2.92. The lowest BCUT2D eigenvalue weighted by Gasteiger charge is -2.07. The van der Waals surface area contributed by atoms with Crippen LogP contribution in [0.3, 0.4) is 0 Å². The van der Waals surface area contributed by atoms with Crippen molar-refractivity contribution in [1.29, 1.82) is 0 Å². The van der Waals surface area contributed by atoms with Gasteiger partial charge < -0.3 is 0 Å². The van der Waals surface area contributed by atoms with Crippen LogP contribution >= 0.6 is 11.6 Å². The minimum Gasteiger partial charge on any atom is -0.266 e. The molecular formula is C8H11ClN2O3S. The summed E-state index contributed by atoms with van der Waals surface area (Å²) in [5.41, 5.74) is 0. The van der Waals surface area contributed by atoms with E-state index in [1.54, 1.807) is 0 Å². The SMILES string of the molecule is CC(C)COS(=O)(=O)c1cncnc1Cl. The van der Waals surface area contributed by atoms with Gasteiger partial charge in [0.2, 0.25) is 0 Å². The fraction of sp³-hybridized carbons (Fsp3) is 0.500. The van der Waals surface area contributed by atoms with Crippen molar-refractivity contribution < 1.29 is 12.6 Å². The van der Waals surface area contributed by atoms with Gasteiger partial charge >= 0.3 is 10.1 Å². The minimum atomic E-state index is -3.84. The molecule has 84 valence electrons. The molecule has 0 amide bonds. The molecule has 0 unspecified atom stereocenters. The van der Waals surface area contributed by atoms with Crippen LogP contribution in [0.5, 0.6) is 0 Å². The second-order valence-electron chi connectivity index (χ2n) is 3.31. The lowest BCUT2D eigenvalue weighted by molar-refractivity contribution is 0.275. The van der Waals surface area contributed by atoms with E-state index in [0.29, 0.717) is 0 Å². The van der Waals surface area contributed by atoms with E-state index in [4.69, 9.17) is 15.8 Å². The number of aromatic nitrogens is 2. The molecule has 0 fully saturated rings. The number of rotatable bonds is 4. The number of hydrogen-bond acceptors (Lipinski definition) is 5. The van der Waals surface area contributed by atoms with Crippen LogP contribution < -0.4 is 0 Å². The molecule has 1 rings (SSSR count). The van der Waals surface area contributed by atoms with Gasteiger partial charge in [0.05, 0.1) is 12.8 Å². The Morgan fingerprint density at radius 1 is 1.53 bits per heavy atom. The summed E-state index contributed by atoms with van der Waals surface area (Å²) in [6.45, 7) is 3.80. The van der Waals surface area contributed by atoms with E-state index in [-0.39, 0.29) is 22.6 Å². The number of hydrogen-bond donors (Lipinski definition) is 0. The van der Waals surface area contributed by atoms with E-state index in [1.165, 1.54) is 6.33 Å². The molecule has 1 heterocycles. The highest BCUT2D eigenvalue weighted by atomic mass is 35.5. The molecule has 1 aromatic rings. The molecule has 0 bridgehead atoms. The summed E-state index contributed by atoms with van der Waals surface area (Å²) in [7, 11) is -3.84. The lowest BCUT2D eigenvalue weighted by atomic mass is 10.2. The molecule has 0 aromatic carbocycles. The van der Waals surface area contributed by atoms with Crippen molar-refractivity contribution in [3.63, 3.8) is 0 Å². The highest BCUT2D eigenvalue weighted by Crippen LogP contribution is 2.19. The minimum absolute atomic E-state index is 0.105. The van der Waals surface area contributed by atoms with Gasteiger partial charge in [-0.2, -0.15) is 8.42 Å². The third-order valence-electron chi connectivity index (χ3n) is 1.46. The van der Waals surface area contributed by atoms with Crippen LogP contribution in [0.4, 0.5) is 0 Å². The van der Waals surface area contributed by atoms with E-state index >= 15 is 0 Å². The smallest absolute Gasteiger partial charge is 0.266 e. The molecule has 0 atom stereocenters. The average molecular weight is 251 g/mol. The molecule has 15 heavy (non-hydrogen) atoms. The summed E-state index contributed by atoms with van der Waals surface area (Å²) in [6.07, 6.45) is 2.29. The van der Waals surface area contributed by atoms with Crippen molar-refractivity contribution in [2.45, 2.75) is 18.7 Å². The molecule has 7 heteroatoms. The fourth-order valence-corrected chi connectivity index (χ4v) is 2.16. The van der Waals surface area contributed by atoms with Gasteiger partial charge in [0.1, 0.15) is 11.2 Å². The predicted octanol–water partition coefficient (Wildman–Crippen LogP) is 1.49. The van der Waals surface area contributed by atoms with E-state index in [1.807, 2.05) is 13.8 Å². The third kappa shape index (κ3) is 3.40. The largest absolute Gasteiger partial charge is 0.301 e. The van der Waals surface area contributed by atoms with Crippen LogP contribution in [0.2, 0.25) is 5.15 Å². The molecule has 0 radical (unpaired) electrons. The Labute approximate surface area is 93.6 Å². The highest BCUT2D eigenvalue weighted by molar-refractivity contribution is 7.86. The lowest BCUT2D eigenvalue weighted by Crippen LogP contribution is -2.12. The Kier molecular flexibility index (Phi) is 4.01. The fourth-order valence-electron chi connectivity index (χ4n) is 0.759. The zero-order chi connectivity index (χ0) is 11.5. The van der Waals surface area contributed by atoms with Crippen LogP contribution in [0.15, 0.2) is 17.4 Å². The van der Waals surface area contributed by atoms with Crippen LogP contribution in [-0.4, -0.2) is 25.0 Å². The summed E-state index contributed by atoms with van der Waals surface area (Å²) in [5.74, 6) is 0.114. The van der Waals surface area contributed by atoms with Gasteiger partial charge in [0.25, 0.3) is 0 Å². The molecule has 0 spiro atoms. The molecule has 5 nitrogen and oxygen atoms in total. The summed E-state index contributed by atoms with van der Waals surface area (Å²) in [5, 5.41) is -0.131. The Bertz CT molecular complexity index is 433. The summed E-state index contributed by atoms with van der Waals surface area (Å²) in [4.78, 5) is 6.95. The van der Waals surface area contributed by atoms with Crippen molar-refractivity contribution in [3.8, 4) is 0 Å². The van der Waals surface area contributed by atoms with Crippen molar-refractivity contribution >= 4 is 21.7 Å². The summed E-state index contributed by atoms with van der Waals surface area (Å²) < 4.78 is 27.9. The molecule has 0 N–H and O–H groups in total. The molecule has 0 aliphatic heterocycles. The molecular weight excluding hydrogens is 240 g/mol. The maximum absolute atomic E-state index is 11.6. The first-order chi connectivity index (χ1) is 6.93. The van der Waals surface area contributed by atoms with Gasteiger partial charge in [0.15, 0.2) is 5.15 Å². The predicted molar refractivity (Wildman–Crippen MR) is 55.0 cm³/mol. The molecule has 0 aliphatic carbocycles. The quantitative estimate of drug-likeness (QED) is 0.598. The van der Waals surface area contributed by atoms with Gasteiger partial charge in [-0.25, -0.2) is 9.97 Å². The Hall–Kier alpha value is -0.720. The van der Waals surface area contributed by atoms with Crippen LogP contribution in [-0.2, 0) is 14.3 Å². The van der Waals surface area contributed by atoms with Crippen molar-refractivity contribution in [3.05, 3.63) is 17.7 Å². The highest BCUT2D eigenvalue weighted by Gasteiger charge is 2.20. The van der Waals surface area contributed by atoms with E-state index in [2.05, 4.69) is 9.97 Å². The standard InChI is InChI=1S/C8H11ClN2O3S/c1-6(2)4-14-15(12,13)7-3-10-5-11-8(7)9/h3,5-6H,4H2,1-2H3. The van der Waals surface area contributed by atoms with Gasteiger partial charge in [-0.3, -0.25) is 4.18 Å². The first kappa shape index (κ1) is 12.4. The Morgan fingerprint density at radius 3 is 2.73 bits per heavy atom. The third-order valence-corrected chi connectivity index (χ3v) is 3.16. The maximum atomic E-state index is 11.6. The molecule has 1 aromatic heterocycles. The first-order valence-corrected chi connectivity index (χ1v) is 6.07. The van der Waals surface area contributed by atoms with Crippen LogP contribution in [0, 0.1) is 5.92 Å². The first-order valence-electron chi connectivity index (χ1n) is 4.28. The van der Waals surface area contributed by atoms with Gasteiger partial charge in [-0.05, 0) is 5.92 Å². The topological polar surface area (TPSA) is 69.2 Å². The normalized spacial score (nSPS) is 12.0. The zero-order valence-corrected chi connectivity index (χ0v) is 9.92. The molecule has 0 saturated heterocycles. The second kappa shape index (κ2) is 4.87. The van der Waals surface area contributed by atoms with Crippen molar-refractivity contribution in [2.75, 3.05) is 6.61 Å². The second-order valence-corrected chi connectivity index (χ2v) is 5.25. The van der Waals surface area contributed by atoms with Crippen molar-refractivity contribution in [1.82, 2.24) is 9.97 Å². The van der Waals surface area contributed by atoms with Crippen LogP contribution in [0.1, 0.15) is 13.8 Å². The van der Waals surface area contributed by atoms with Gasteiger partial charge in [0, 0.05) is 0 Å². The average Bonchev–Trinajstić information content (AvgIpc) is 2.15. The summed E-state index contributed by atoms with van der Waals surface area (Å²) >= 11 is 5.61. The number of halogens is 1. The van der Waals surface area contributed by atoms with Crippen LogP contribution in [0.25, 0.3) is 0 Å². The Morgan fingerprint density at radius 2 is 2.20 bits per heavy atom. The molecule has 0 saturated carbocycles. The maximum Gasteiger partial charge on any atom is 0.301 e. The summed E-state index contributed by atoms with van der Waals surface area (Å²) in [6, 6.07) is 0. The van der Waals surface area contributed by atoms with E-state index in [9.17, 15) is 8.42 Å². The monoisotopic (exact) mass is 250 g/mol. The van der Waals surface area contributed by atoms with E-state index in [0.717, 1.165) is 6.20 Å². The van der Waals surface area contributed by atoms with Crippen molar-refractivity contribution in [2.24, 2.45) is 5.92 Å². The zero-order valence-electron chi connectivity index (χ0n) is 8.34. The van der Waals surface area contributed by atoms with E-state index < -0.39 is 10.1 Å². The number of nitrogens with zero attached hydrogens (tertiary/aromatic N) is 2. The molecule has 0 aliphatic rings. The van der Waals surface area contributed by atoms with Gasteiger partial charge in [-0.1, -0.05) is 25.4 Å². The van der Waals surface area contributed by atoms with Gasteiger partial charge in [-0.15, -0.1) is 0 Å².